The normalized spacial score (nSPS) is 11.6. The topological polar surface area (TPSA) is 21.3 Å². The molecule has 11 heavy (non-hydrogen) atoms. The molecule has 0 aliphatic carbocycles. The molecule has 2 heteroatoms. The van der Waals surface area contributed by atoms with Crippen LogP contribution in [0, 0.1) is 0 Å². The lowest BCUT2D eigenvalue weighted by atomic mass is 10.1. The SMILES string of the molecule is C=C(C)CNCC(C)(C)OC. The van der Waals surface area contributed by atoms with Gasteiger partial charge in [0.1, 0.15) is 0 Å². The fraction of sp³-hybridized carbons (Fsp3) is 0.778. The highest BCUT2D eigenvalue weighted by atomic mass is 16.5. The molecule has 0 aromatic heterocycles. The first-order chi connectivity index (χ1) is 4.98. The molecule has 0 amide bonds. The lowest BCUT2D eigenvalue weighted by Gasteiger charge is -2.23. The Hall–Kier alpha value is -0.340. The predicted molar refractivity (Wildman–Crippen MR) is 48.8 cm³/mol. The van der Waals surface area contributed by atoms with Crippen LogP contribution in [0.1, 0.15) is 20.8 Å². The third-order valence-corrected chi connectivity index (χ3v) is 1.53. The van der Waals surface area contributed by atoms with E-state index in [1.165, 1.54) is 0 Å². The van der Waals surface area contributed by atoms with Gasteiger partial charge < -0.3 is 10.1 Å². The summed E-state index contributed by atoms with van der Waals surface area (Å²) in [5.41, 5.74) is 1.08. The largest absolute Gasteiger partial charge is 0.377 e. The summed E-state index contributed by atoms with van der Waals surface area (Å²) in [6.07, 6.45) is 0. The molecule has 0 radical (unpaired) electrons. The second-order valence-corrected chi connectivity index (χ2v) is 3.52. The standard InChI is InChI=1S/C9H19NO/c1-8(2)6-10-7-9(3,4)11-5/h10H,1,6-7H2,2-5H3. The monoisotopic (exact) mass is 157 g/mol. The minimum Gasteiger partial charge on any atom is -0.377 e. The van der Waals surface area contributed by atoms with E-state index in [0.717, 1.165) is 18.7 Å². The van der Waals surface area contributed by atoms with E-state index in [9.17, 15) is 0 Å². The van der Waals surface area contributed by atoms with E-state index in [0.29, 0.717) is 0 Å². The van der Waals surface area contributed by atoms with Gasteiger partial charge in [0.15, 0.2) is 0 Å². The number of nitrogens with one attached hydrogen (secondary N) is 1. The number of hydrogen-bond donors (Lipinski definition) is 1. The molecule has 0 saturated carbocycles. The molecule has 0 rings (SSSR count). The van der Waals surface area contributed by atoms with Crippen molar-refractivity contribution >= 4 is 0 Å². The van der Waals surface area contributed by atoms with Crippen LogP contribution in [0.25, 0.3) is 0 Å². The number of hydrogen-bond acceptors (Lipinski definition) is 2. The molecule has 0 atom stereocenters. The molecule has 0 bridgehead atoms. The highest BCUT2D eigenvalue weighted by Gasteiger charge is 2.14. The molecule has 0 spiro atoms. The summed E-state index contributed by atoms with van der Waals surface area (Å²) in [5.74, 6) is 0. The van der Waals surface area contributed by atoms with E-state index in [1.54, 1.807) is 7.11 Å². The molecule has 2 nitrogen and oxygen atoms in total. The summed E-state index contributed by atoms with van der Waals surface area (Å²) in [4.78, 5) is 0. The van der Waals surface area contributed by atoms with Crippen molar-refractivity contribution in [3.8, 4) is 0 Å². The number of ether oxygens (including phenoxy) is 1. The molecule has 0 aromatic carbocycles. The van der Waals surface area contributed by atoms with Gasteiger partial charge in [0.05, 0.1) is 5.60 Å². The molecular formula is C9H19NO. The molecule has 0 saturated heterocycles. The summed E-state index contributed by atoms with van der Waals surface area (Å²) in [7, 11) is 1.72. The van der Waals surface area contributed by atoms with Gasteiger partial charge in [-0.3, -0.25) is 0 Å². The summed E-state index contributed by atoms with van der Waals surface area (Å²) >= 11 is 0. The van der Waals surface area contributed by atoms with Crippen LogP contribution < -0.4 is 5.32 Å². The molecule has 0 unspecified atom stereocenters. The Morgan fingerprint density at radius 2 is 2.09 bits per heavy atom. The molecule has 0 fully saturated rings. The summed E-state index contributed by atoms with van der Waals surface area (Å²) < 4.78 is 5.23. The first-order valence-corrected chi connectivity index (χ1v) is 3.88. The number of rotatable bonds is 5. The number of methoxy groups -OCH3 is 1. The highest BCUT2D eigenvalue weighted by molar-refractivity contribution is 4.91. The van der Waals surface area contributed by atoms with Crippen molar-refractivity contribution in [3.05, 3.63) is 12.2 Å². The maximum Gasteiger partial charge on any atom is 0.0746 e. The molecule has 0 heterocycles. The van der Waals surface area contributed by atoms with Crippen LogP contribution in [0.2, 0.25) is 0 Å². The van der Waals surface area contributed by atoms with Gasteiger partial charge in [-0.05, 0) is 20.8 Å². The quantitative estimate of drug-likeness (QED) is 0.612. The molecule has 0 aromatic rings. The van der Waals surface area contributed by atoms with Gasteiger partial charge in [0.25, 0.3) is 0 Å². The second kappa shape index (κ2) is 4.52. The van der Waals surface area contributed by atoms with E-state index in [4.69, 9.17) is 4.74 Å². The van der Waals surface area contributed by atoms with Crippen LogP contribution in [0.3, 0.4) is 0 Å². The minimum atomic E-state index is -0.0740. The zero-order chi connectivity index (χ0) is 8.91. The third-order valence-electron chi connectivity index (χ3n) is 1.53. The van der Waals surface area contributed by atoms with Gasteiger partial charge >= 0.3 is 0 Å². The first kappa shape index (κ1) is 10.7. The van der Waals surface area contributed by atoms with Gasteiger partial charge in [-0.15, -0.1) is 0 Å². The Balaban J connectivity index is 3.45. The van der Waals surface area contributed by atoms with Crippen LogP contribution in [-0.4, -0.2) is 25.8 Å². The lowest BCUT2D eigenvalue weighted by Crippen LogP contribution is -2.37. The first-order valence-electron chi connectivity index (χ1n) is 3.88. The van der Waals surface area contributed by atoms with Crippen molar-refractivity contribution in [2.75, 3.05) is 20.2 Å². The maximum atomic E-state index is 5.23. The Bertz CT molecular complexity index is 130. The zero-order valence-electron chi connectivity index (χ0n) is 8.03. The fourth-order valence-electron chi connectivity index (χ4n) is 0.649. The van der Waals surface area contributed by atoms with Crippen molar-refractivity contribution in [3.63, 3.8) is 0 Å². The van der Waals surface area contributed by atoms with Crippen LogP contribution >= 0.6 is 0 Å². The predicted octanol–water partition coefficient (Wildman–Crippen LogP) is 1.58. The maximum absolute atomic E-state index is 5.23. The summed E-state index contributed by atoms with van der Waals surface area (Å²) in [6.45, 7) is 11.6. The van der Waals surface area contributed by atoms with Gasteiger partial charge in [0.2, 0.25) is 0 Å². The molecule has 66 valence electrons. The van der Waals surface area contributed by atoms with Crippen molar-refractivity contribution in [1.82, 2.24) is 5.32 Å². The molecule has 0 aliphatic heterocycles. The Labute approximate surface area is 69.6 Å². The fourth-order valence-corrected chi connectivity index (χ4v) is 0.649. The minimum absolute atomic E-state index is 0.0740. The zero-order valence-corrected chi connectivity index (χ0v) is 8.03. The Kier molecular flexibility index (Phi) is 4.38. The lowest BCUT2D eigenvalue weighted by molar-refractivity contribution is 0.0240. The van der Waals surface area contributed by atoms with Gasteiger partial charge in [-0.2, -0.15) is 0 Å². The van der Waals surface area contributed by atoms with E-state index in [1.807, 2.05) is 6.92 Å². The average molecular weight is 157 g/mol. The van der Waals surface area contributed by atoms with Gasteiger partial charge in [-0.1, -0.05) is 12.2 Å². The second-order valence-electron chi connectivity index (χ2n) is 3.52. The van der Waals surface area contributed by atoms with Crippen molar-refractivity contribution in [2.45, 2.75) is 26.4 Å². The highest BCUT2D eigenvalue weighted by Crippen LogP contribution is 2.04. The van der Waals surface area contributed by atoms with E-state index >= 15 is 0 Å². The molecule has 1 N–H and O–H groups in total. The third kappa shape index (κ3) is 6.07. The van der Waals surface area contributed by atoms with Crippen LogP contribution in [0.15, 0.2) is 12.2 Å². The molecule has 0 aliphatic rings. The van der Waals surface area contributed by atoms with Gasteiger partial charge in [-0.25, -0.2) is 0 Å². The summed E-state index contributed by atoms with van der Waals surface area (Å²) in [6, 6.07) is 0. The van der Waals surface area contributed by atoms with Crippen molar-refractivity contribution < 1.29 is 4.74 Å². The van der Waals surface area contributed by atoms with Crippen LogP contribution in [0.5, 0.6) is 0 Å². The Morgan fingerprint density at radius 3 is 2.45 bits per heavy atom. The van der Waals surface area contributed by atoms with E-state index in [-0.39, 0.29) is 5.60 Å². The van der Waals surface area contributed by atoms with Gasteiger partial charge in [0, 0.05) is 20.2 Å². The smallest absolute Gasteiger partial charge is 0.0746 e. The van der Waals surface area contributed by atoms with Crippen molar-refractivity contribution in [1.29, 1.82) is 0 Å². The van der Waals surface area contributed by atoms with E-state index < -0.39 is 0 Å². The van der Waals surface area contributed by atoms with Crippen molar-refractivity contribution in [2.24, 2.45) is 0 Å². The van der Waals surface area contributed by atoms with Crippen LogP contribution in [-0.2, 0) is 4.74 Å². The summed E-state index contributed by atoms with van der Waals surface area (Å²) in [5, 5.41) is 3.25. The Morgan fingerprint density at radius 1 is 1.55 bits per heavy atom. The molecular weight excluding hydrogens is 138 g/mol. The van der Waals surface area contributed by atoms with E-state index in [2.05, 4.69) is 25.7 Å². The van der Waals surface area contributed by atoms with Crippen LogP contribution in [0.4, 0.5) is 0 Å². The average Bonchev–Trinajstić information content (AvgIpc) is 1.87.